The van der Waals surface area contributed by atoms with Gasteiger partial charge in [0, 0.05) is 6.42 Å². The molecule has 3 aromatic rings. The number of hydrogen-bond donors (Lipinski definition) is 0. The normalized spacial score (nSPS) is 11.2. The molecule has 2 aromatic carbocycles. The summed E-state index contributed by atoms with van der Waals surface area (Å²) in [5, 5.41) is 14.4. The van der Waals surface area contributed by atoms with Crippen LogP contribution in [0.3, 0.4) is 0 Å². The van der Waals surface area contributed by atoms with E-state index in [1.165, 1.54) is 11.8 Å². The van der Waals surface area contributed by atoms with Gasteiger partial charge in [0.1, 0.15) is 0 Å². The van der Waals surface area contributed by atoms with Gasteiger partial charge in [0.15, 0.2) is 17.3 Å². The largest absolute Gasteiger partial charge is 0.490 e. The zero-order valence-electron chi connectivity index (χ0n) is 16.6. The maximum absolute atomic E-state index is 6.40. The molecule has 3 rings (SSSR count). The first-order valence-corrected chi connectivity index (χ1v) is 10.9. The van der Waals surface area contributed by atoms with E-state index in [1.807, 2.05) is 44.4 Å². The average Bonchev–Trinajstić information content (AvgIpc) is 3.11. The lowest BCUT2D eigenvalue weighted by atomic mass is 10.1. The van der Waals surface area contributed by atoms with Crippen molar-refractivity contribution in [2.45, 2.75) is 25.4 Å². The summed E-state index contributed by atoms with van der Waals surface area (Å²) >= 11 is 7.89. The number of hydrogen-bond acceptors (Lipinski definition) is 6. The van der Waals surface area contributed by atoms with Gasteiger partial charge in [0.05, 0.1) is 24.5 Å². The van der Waals surface area contributed by atoms with E-state index in [0.717, 1.165) is 17.0 Å². The minimum atomic E-state index is 0.484. The molecule has 0 amide bonds. The molecule has 0 saturated carbocycles. The van der Waals surface area contributed by atoms with Gasteiger partial charge in [-0.2, -0.15) is 9.78 Å². The summed E-state index contributed by atoms with van der Waals surface area (Å²) in [6, 6.07) is 13.8. The lowest BCUT2D eigenvalue weighted by Crippen LogP contribution is -2.02. The van der Waals surface area contributed by atoms with E-state index in [2.05, 4.69) is 27.4 Å². The first-order chi connectivity index (χ1) is 14.2. The van der Waals surface area contributed by atoms with Gasteiger partial charge in [-0.05, 0) is 43.4 Å². The Labute approximate surface area is 179 Å². The number of halogens is 1. The first kappa shape index (κ1) is 21.2. The molecule has 0 unspecified atom stereocenters. The molecule has 0 aliphatic rings. The Morgan fingerprint density at radius 2 is 1.86 bits per heavy atom. The Morgan fingerprint density at radius 1 is 1.10 bits per heavy atom. The van der Waals surface area contributed by atoms with Crippen molar-refractivity contribution in [3.8, 4) is 11.5 Å². The summed E-state index contributed by atoms with van der Waals surface area (Å²) in [4.78, 5) is 0. The van der Waals surface area contributed by atoms with E-state index in [4.69, 9.17) is 21.1 Å². The zero-order chi connectivity index (χ0) is 20.6. The van der Waals surface area contributed by atoms with E-state index >= 15 is 0 Å². The topological polar surface area (TPSA) is 61.5 Å². The first-order valence-electron chi connectivity index (χ1n) is 9.31. The lowest BCUT2D eigenvalue weighted by Gasteiger charge is -2.13. The van der Waals surface area contributed by atoms with Crippen LogP contribution in [0, 0.1) is 0 Å². The number of aromatic nitrogens is 3. The molecule has 0 radical (unpaired) electrons. The van der Waals surface area contributed by atoms with Gasteiger partial charge in [0.25, 0.3) is 0 Å². The molecule has 152 valence electrons. The summed E-state index contributed by atoms with van der Waals surface area (Å²) in [6.07, 6.45) is 4.31. The Kier molecular flexibility index (Phi) is 7.55. The van der Waals surface area contributed by atoms with Gasteiger partial charge in [-0.1, -0.05) is 53.7 Å². The Bertz CT molecular complexity index is 976. The van der Waals surface area contributed by atoms with E-state index in [0.29, 0.717) is 41.3 Å². The molecule has 0 bridgehead atoms. The number of ether oxygens (including phenoxy) is 2. The van der Waals surface area contributed by atoms with Crippen molar-refractivity contribution < 1.29 is 9.47 Å². The molecule has 8 heteroatoms. The van der Waals surface area contributed by atoms with Gasteiger partial charge < -0.3 is 9.47 Å². The van der Waals surface area contributed by atoms with Gasteiger partial charge in [0.2, 0.25) is 5.16 Å². The molecule has 29 heavy (non-hydrogen) atoms. The molecule has 0 saturated heterocycles. The maximum Gasteiger partial charge on any atom is 0.211 e. The number of benzene rings is 2. The van der Waals surface area contributed by atoms with Crippen molar-refractivity contribution in [2.24, 2.45) is 5.10 Å². The fourth-order valence-corrected chi connectivity index (χ4v) is 3.48. The third-order valence-electron chi connectivity index (χ3n) is 4.01. The molecule has 0 aliphatic carbocycles. The molecule has 0 fully saturated rings. The highest BCUT2D eigenvalue weighted by molar-refractivity contribution is 7.98. The fourth-order valence-electron chi connectivity index (χ4n) is 2.76. The van der Waals surface area contributed by atoms with E-state index in [-0.39, 0.29) is 0 Å². The van der Waals surface area contributed by atoms with Crippen molar-refractivity contribution in [3.63, 3.8) is 0 Å². The molecule has 6 nitrogen and oxygen atoms in total. The Morgan fingerprint density at radius 3 is 2.55 bits per heavy atom. The second-order valence-corrected chi connectivity index (χ2v) is 7.20. The van der Waals surface area contributed by atoms with E-state index in [9.17, 15) is 0 Å². The summed E-state index contributed by atoms with van der Waals surface area (Å²) < 4.78 is 13.1. The van der Waals surface area contributed by atoms with Crippen LogP contribution in [0.5, 0.6) is 11.5 Å². The fraction of sp³-hybridized carbons (Fsp3) is 0.286. The van der Waals surface area contributed by atoms with Crippen molar-refractivity contribution >= 4 is 29.6 Å². The summed E-state index contributed by atoms with van der Waals surface area (Å²) in [5.74, 6) is 1.91. The van der Waals surface area contributed by atoms with Gasteiger partial charge in [-0.25, -0.2) is 0 Å². The Balaban J connectivity index is 1.92. The van der Waals surface area contributed by atoms with Crippen molar-refractivity contribution in [1.82, 2.24) is 14.9 Å². The molecule has 0 N–H and O–H groups in total. The van der Waals surface area contributed by atoms with E-state index < -0.39 is 0 Å². The number of nitrogens with zero attached hydrogens (tertiary/aromatic N) is 4. The molecule has 0 aliphatic heterocycles. The smallest absolute Gasteiger partial charge is 0.211 e. The van der Waals surface area contributed by atoms with Crippen LogP contribution in [0.4, 0.5) is 0 Å². The second-order valence-electron chi connectivity index (χ2n) is 6.02. The van der Waals surface area contributed by atoms with Crippen LogP contribution in [-0.4, -0.2) is 40.6 Å². The minimum absolute atomic E-state index is 0.484. The highest BCUT2D eigenvalue weighted by atomic mass is 35.5. The van der Waals surface area contributed by atoms with Crippen LogP contribution < -0.4 is 9.47 Å². The number of rotatable bonds is 9. The molecular formula is C21H23ClN4O2S. The number of thioether (sulfide) groups is 1. The van der Waals surface area contributed by atoms with Crippen molar-refractivity contribution in [3.05, 3.63) is 64.4 Å². The maximum atomic E-state index is 6.40. The zero-order valence-corrected chi connectivity index (χ0v) is 18.2. The quantitative estimate of drug-likeness (QED) is 0.356. The summed E-state index contributed by atoms with van der Waals surface area (Å²) in [6.45, 7) is 4.85. The van der Waals surface area contributed by atoms with Crippen LogP contribution in [0.25, 0.3) is 0 Å². The van der Waals surface area contributed by atoms with Crippen LogP contribution in [0.15, 0.2) is 52.7 Å². The SMILES string of the molecule is CCOc1cc(/C=N\n2c(Cc3ccccc3)nnc2SC)cc(Cl)c1OCC. The van der Waals surface area contributed by atoms with Crippen LogP contribution in [0.1, 0.15) is 30.8 Å². The highest BCUT2D eigenvalue weighted by Gasteiger charge is 2.13. The predicted octanol–water partition coefficient (Wildman–Crippen LogP) is 4.92. The van der Waals surface area contributed by atoms with Crippen LogP contribution >= 0.6 is 23.4 Å². The van der Waals surface area contributed by atoms with Crippen LogP contribution in [0.2, 0.25) is 5.02 Å². The predicted molar refractivity (Wildman–Crippen MR) is 118 cm³/mol. The van der Waals surface area contributed by atoms with Crippen molar-refractivity contribution in [2.75, 3.05) is 19.5 Å². The highest BCUT2D eigenvalue weighted by Crippen LogP contribution is 2.36. The molecule has 0 atom stereocenters. The van der Waals surface area contributed by atoms with Crippen LogP contribution in [-0.2, 0) is 6.42 Å². The third-order valence-corrected chi connectivity index (χ3v) is 4.91. The molecular weight excluding hydrogens is 408 g/mol. The van der Waals surface area contributed by atoms with Gasteiger partial charge >= 0.3 is 0 Å². The third kappa shape index (κ3) is 5.31. The lowest BCUT2D eigenvalue weighted by molar-refractivity contribution is 0.288. The minimum Gasteiger partial charge on any atom is -0.490 e. The Hall–Kier alpha value is -2.51. The molecule has 1 heterocycles. The van der Waals surface area contributed by atoms with Crippen molar-refractivity contribution in [1.29, 1.82) is 0 Å². The molecule has 1 aromatic heterocycles. The van der Waals surface area contributed by atoms with E-state index in [1.54, 1.807) is 17.0 Å². The average molecular weight is 431 g/mol. The summed E-state index contributed by atoms with van der Waals surface area (Å²) in [5.41, 5.74) is 1.94. The monoisotopic (exact) mass is 430 g/mol. The summed E-state index contributed by atoms with van der Waals surface area (Å²) in [7, 11) is 0. The van der Waals surface area contributed by atoms with Gasteiger partial charge in [-0.3, -0.25) is 0 Å². The molecule has 0 spiro atoms. The van der Waals surface area contributed by atoms with Gasteiger partial charge in [-0.15, -0.1) is 10.2 Å². The second kappa shape index (κ2) is 10.3. The standard InChI is InChI=1S/C21H23ClN4O2S/c1-4-27-18-12-16(11-17(22)20(18)28-5-2)14-23-26-19(24-25-21(26)29-3)13-15-9-7-6-8-10-15/h6-12,14H,4-5,13H2,1-3H3/b23-14-.